The maximum absolute atomic E-state index is 13.3. The molecule has 0 saturated carbocycles. The number of nitro groups is 1. The van der Waals surface area contributed by atoms with Crippen molar-refractivity contribution in [2.75, 3.05) is 0 Å². The van der Waals surface area contributed by atoms with Crippen LogP contribution >= 0.6 is 15.9 Å². The summed E-state index contributed by atoms with van der Waals surface area (Å²) in [6.07, 6.45) is 0. The first-order valence-electron chi connectivity index (χ1n) is 5.42. The molecule has 94 valence electrons. The number of hydrogen-bond acceptors (Lipinski definition) is 2. The summed E-state index contributed by atoms with van der Waals surface area (Å²) in [6, 6.07) is 3.62. The van der Waals surface area contributed by atoms with Crippen molar-refractivity contribution in [3.63, 3.8) is 0 Å². The molecule has 5 heteroatoms. The SMILES string of the molecule is CC(C)C(c1cc(F)ccc1[N+](=O)[O-])C(C)Br. The molecular formula is C12H15BrFNO2. The van der Waals surface area contributed by atoms with Crippen molar-refractivity contribution in [1.29, 1.82) is 0 Å². The molecule has 0 radical (unpaired) electrons. The molecule has 0 bridgehead atoms. The summed E-state index contributed by atoms with van der Waals surface area (Å²) < 4.78 is 13.3. The van der Waals surface area contributed by atoms with Crippen LogP contribution in [0.1, 0.15) is 32.3 Å². The van der Waals surface area contributed by atoms with Crippen LogP contribution < -0.4 is 0 Å². The van der Waals surface area contributed by atoms with E-state index in [2.05, 4.69) is 15.9 Å². The summed E-state index contributed by atoms with van der Waals surface area (Å²) in [7, 11) is 0. The third-order valence-corrected chi connectivity index (χ3v) is 3.33. The number of benzene rings is 1. The molecule has 0 saturated heterocycles. The summed E-state index contributed by atoms with van der Waals surface area (Å²) >= 11 is 3.44. The highest BCUT2D eigenvalue weighted by Crippen LogP contribution is 2.37. The molecule has 0 amide bonds. The van der Waals surface area contributed by atoms with Gasteiger partial charge in [-0.05, 0) is 18.1 Å². The molecule has 17 heavy (non-hydrogen) atoms. The Balaban J connectivity index is 3.34. The predicted molar refractivity (Wildman–Crippen MR) is 69.0 cm³/mol. The lowest BCUT2D eigenvalue weighted by Crippen LogP contribution is -2.17. The van der Waals surface area contributed by atoms with Gasteiger partial charge in [-0.1, -0.05) is 36.7 Å². The number of hydrogen-bond donors (Lipinski definition) is 0. The Morgan fingerprint density at radius 2 is 1.94 bits per heavy atom. The van der Waals surface area contributed by atoms with Gasteiger partial charge in [-0.3, -0.25) is 10.1 Å². The zero-order valence-corrected chi connectivity index (χ0v) is 11.6. The van der Waals surface area contributed by atoms with E-state index in [9.17, 15) is 14.5 Å². The Labute approximate surface area is 108 Å². The van der Waals surface area contributed by atoms with Crippen molar-refractivity contribution in [1.82, 2.24) is 0 Å². The molecule has 0 aliphatic heterocycles. The van der Waals surface area contributed by atoms with E-state index >= 15 is 0 Å². The largest absolute Gasteiger partial charge is 0.273 e. The van der Waals surface area contributed by atoms with E-state index < -0.39 is 10.7 Å². The minimum atomic E-state index is -0.459. The van der Waals surface area contributed by atoms with Gasteiger partial charge >= 0.3 is 0 Å². The second-order valence-corrected chi connectivity index (χ2v) is 5.85. The van der Waals surface area contributed by atoms with Crippen LogP contribution in [0.25, 0.3) is 0 Å². The van der Waals surface area contributed by atoms with E-state index in [1.54, 1.807) is 0 Å². The minimum Gasteiger partial charge on any atom is -0.258 e. The first kappa shape index (κ1) is 14.1. The quantitative estimate of drug-likeness (QED) is 0.474. The molecule has 3 nitrogen and oxygen atoms in total. The Bertz CT molecular complexity index is 413. The van der Waals surface area contributed by atoms with Crippen LogP contribution in [0.15, 0.2) is 18.2 Å². The molecule has 0 aliphatic carbocycles. The Morgan fingerprint density at radius 3 is 2.35 bits per heavy atom. The summed E-state index contributed by atoms with van der Waals surface area (Å²) in [6.45, 7) is 5.85. The van der Waals surface area contributed by atoms with Gasteiger partial charge in [-0.25, -0.2) is 4.39 Å². The number of alkyl halides is 1. The van der Waals surface area contributed by atoms with Crippen LogP contribution in [0.2, 0.25) is 0 Å². The molecular weight excluding hydrogens is 289 g/mol. The average Bonchev–Trinajstić information content (AvgIpc) is 2.15. The maximum Gasteiger partial charge on any atom is 0.273 e. The molecule has 0 fully saturated rings. The molecule has 0 aromatic heterocycles. The highest BCUT2D eigenvalue weighted by atomic mass is 79.9. The molecule has 1 aromatic carbocycles. The zero-order valence-electron chi connectivity index (χ0n) is 9.98. The van der Waals surface area contributed by atoms with E-state index in [0.29, 0.717) is 5.56 Å². The van der Waals surface area contributed by atoms with Gasteiger partial charge in [0.2, 0.25) is 0 Å². The Kier molecular flexibility index (Phi) is 4.62. The molecule has 0 spiro atoms. The van der Waals surface area contributed by atoms with Gasteiger partial charge in [-0.15, -0.1) is 0 Å². The average molecular weight is 304 g/mol. The summed E-state index contributed by atoms with van der Waals surface area (Å²) in [4.78, 5) is 10.5. The van der Waals surface area contributed by atoms with Crippen LogP contribution in [0.4, 0.5) is 10.1 Å². The van der Waals surface area contributed by atoms with Gasteiger partial charge in [0.1, 0.15) is 5.82 Å². The maximum atomic E-state index is 13.3. The van der Waals surface area contributed by atoms with Crippen LogP contribution in [-0.4, -0.2) is 9.75 Å². The third kappa shape index (κ3) is 3.25. The second-order valence-electron chi connectivity index (χ2n) is 4.41. The molecule has 1 rings (SSSR count). The van der Waals surface area contributed by atoms with Crippen molar-refractivity contribution < 1.29 is 9.31 Å². The third-order valence-electron chi connectivity index (χ3n) is 2.76. The van der Waals surface area contributed by atoms with Gasteiger partial charge < -0.3 is 0 Å². The van der Waals surface area contributed by atoms with Crippen molar-refractivity contribution in [3.8, 4) is 0 Å². The zero-order chi connectivity index (χ0) is 13.2. The summed E-state index contributed by atoms with van der Waals surface area (Å²) in [5.41, 5.74) is 0.436. The van der Waals surface area contributed by atoms with Gasteiger partial charge in [0.15, 0.2) is 0 Å². The van der Waals surface area contributed by atoms with E-state index in [4.69, 9.17) is 0 Å². The summed E-state index contributed by atoms with van der Waals surface area (Å²) in [5, 5.41) is 11.0. The first-order chi connectivity index (χ1) is 7.84. The fraction of sp³-hybridized carbons (Fsp3) is 0.500. The smallest absolute Gasteiger partial charge is 0.258 e. The van der Waals surface area contributed by atoms with Crippen molar-refractivity contribution >= 4 is 21.6 Å². The Morgan fingerprint density at radius 1 is 1.35 bits per heavy atom. The van der Waals surface area contributed by atoms with Gasteiger partial charge in [0, 0.05) is 22.4 Å². The topological polar surface area (TPSA) is 43.1 Å². The van der Waals surface area contributed by atoms with E-state index in [0.717, 1.165) is 6.07 Å². The van der Waals surface area contributed by atoms with Crippen LogP contribution in [-0.2, 0) is 0 Å². The van der Waals surface area contributed by atoms with Crippen molar-refractivity contribution in [2.24, 2.45) is 5.92 Å². The summed E-state index contributed by atoms with van der Waals surface area (Å²) in [5.74, 6) is -0.347. The monoisotopic (exact) mass is 303 g/mol. The fourth-order valence-corrected chi connectivity index (χ4v) is 2.99. The van der Waals surface area contributed by atoms with E-state index in [-0.39, 0.29) is 22.4 Å². The number of halogens is 2. The number of nitro benzene ring substituents is 1. The van der Waals surface area contributed by atoms with Gasteiger partial charge in [0.05, 0.1) is 4.92 Å². The lowest BCUT2D eigenvalue weighted by Gasteiger charge is -2.23. The van der Waals surface area contributed by atoms with Gasteiger partial charge in [0.25, 0.3) is 5.69 Å². The Hall–Kier alpha value is -0.970. The van der Waals surface area contributed by atoms with Crippen LogP contribution in [0, 0.1) is 21.8 Å². The minimum absolute atomic E-state index is 0.0172. The van der Waals surface area contributed by atoms with Crippen LogP contribution in [0.3, 0.4) is 0 Å². The van der Waals surface area contributed by atoms with Gasteiger partial charge in [-0.2, -0.15) is 0 Å². The number of rotatable bonds is 4. The lowest BCUT2D eigenvalue weighted by atomic mass is 9.85. The van der Waals surface area contributed by atoms with Crippen molar-refractivity contribution in [2.45, 2.75) is 31.5 Å². The highest BCUT2D eigenvalue weighted by molar-refractivity contribution is 9.09. The van der Waals surface area contributed by atoms with E-state index in [1.165, 1.54) is 12.1 Å². The predicted octanol–water partition coefficient (Wildman–Crippen LogP) is 4.26. The van der Waals surface area contributed by atoms with Crippen molar-refractivity contribution in [3.05, 3.63) is 39.7 Å². The standard InChI is InChI=1S/C12H15BrFNO2/c1-7(2)12(8(3)13)10-6-9(14)4-5-11(10)15(16)17/h4-8,12H,1-3H3. The molecule has 2 unspecified atom stereocenters. The molecule has 2 atom stereocenters. The normalized spacial score (nSPS) is 14.7. The molecule has 1 aromatic rings. The molecule has 0 N–H and O–H groups in total. The van der Waals surface area contributed by atoms with Crippen LogP contribution in [0.5, 0.6) is 0 Å². The lowest BCUT2D eigenvalue weighted by molar-refractivity contribution is -0.385. The highest BCUT2D eigenvalue weighted by Gasteiger charge is 2.28. The van der Waals surface area contributed by atoms with E-state index in [1.807, 2.05) is 20.8 Å². The fourth-order valence-electron chi connectivity index (χ4n) is 2.10. The molecule has 0 aliphatic rings. The first-order valence-corrected chi connectivity index (χ1v) is 6.34. The second kappa shape index (κ2) is 5.58. The molecule has 0 heterocycles. The number of nitrogens with zero attached hydrogens (tertiary/aromatic N) is 1.